The summed E-state index contributed by atoms with van der Waals surface area (Å²) < 4.78 is 16.4. The van der Waals surface area contributed by atoms with Gasteiger partial charge in [0.15, 0.2) is 0 Å². The molecule has 27 heavy (non-hydrogen) atoms. The number of hydrogen-bond acceptors (Lipinski definition) is 4. The Bertz CT molecular complexity index is 1060. The van der Waals surface area contributed by atoms with E-state index < -0.39 is 0 Å². The molecule has 0 aliphatic carbocycles. The molecule has 2 aromatic carbocycles. The number of aromatic nitrogens is 4. The topological polar surface area (TPSA) is 46.8 Å². The van der Waals surface area contributed by atoms with Crippen molar-refractivity contribution in [1.29, 1.82) is 0 Å². The van der Waals surface area contributed by atoms with E-state index in [0.717, 1.165) is 23.3 Å². The summed E-state index contributed by atoms with van der Waals surface area (Å²) in [4.78, 5) is 11.2. The third-order valence-electron chi connectivity index (χ3n) is 4.61. The Morgan fingerprint density at radius 1 is 1.07 bits per heavy atom. The molecule has 0 spiro atoms. The second-order valence-electron chi connectivity index (χ2n) is 6.44. The number of nitrogens with zero attached hydrogens (tertiary/aromatic N) is 5. The number of anilines is 1. The van der Waals surface area contributed by atoms with Gasteiger partial charge in [0.25, 0.3) is 5.95 Å². The third-order valence-corrected chi connectivity index (χ3v) is 4.61. The fourth-order valence-corrected chi connectivity index (χ4v) is 3.05. The van der Waals surface area contributed by atoms with Crippen molar-refractivity contribution >= 4 is 16.7 Å². The lowest BCUT2D eigenvalue weighted by molar-refractivity contribution is 0.615. The molecule has 4 rings (SSSR count). The molecule has 0 aliphatic heterocycles. The zero-order valence-corrected chi connectivity index (χ0v) is 15.3. The Morgan fingerprint density at radius 3 is 2.59 bits per heavy atom. The van der Waals surface area contributed by atoms with Crippen molar-refractivity contribution in [3.8, 4) is 5.95 Å². The van der Waals surface area contributed by atoms with E-state index in [1.807, 2.05) is 48.3 Å². The van der Waals surface area contributed by atoms with E-state index in [-0.39, 0.29) is 5.82 Å². The summed E-state index contributed by atoms with van der Waals surface area (Å²) in [6.45, 7) is 2.83. The van der Waals surface area contributed by atoms with E-state index in [2.05, 4.69) is 22.0 Å². The average molecular weight is 361 g/mol. The maximum Gasteiger partial charge on any atom is 0.253 e. The van der Waals surface area contributed by atoms with Crippen LogP contribution in [0, 0.1) is 5.82 Å². The summed E-state index contributed by atoms with van der Waals surface area (Å²) in [7, 11) is 1.97. The molecule has 0 N–H and O–H groups in total. The van der Waals surface area contributed by atoms with Gasteiger partial charge in [-0.15, -0.1) is 0 Å². The molecule has 2 heterocycles. The van der Waals surface area contributed by atoms with Gasteiger partial charge in [-0.2, -0.15) is 10.1 Å². The predicted octanol–water partition coefficient (Wildman–Crippen LogP) is 4.00. The van der Waals surface area contributed by atoms with Crippen LogP contribution in [0.5, 0.6) is 0 Å². The van der Waals surface area contributed by atoms with Crippen molar-refractivity contribution in [2.75, 3.05) is 18.5 Å². The molecule has 6 heteroatoms. The molecule has 0 unspecified atom stereocenters. The van der Waals surface area contributed by atoms with Gasteiger partial charge >= 0.3 is 0 Å². The summed E-state index contributed by atoms with van der Waals surface area (Å²) >= 11 is 0. The normalized spacial score (nSPS) is 11.1. The van der Waals surface area contributed by atoms with E-state index in [4.69, 9.17) is 0 Å². The van der Waals surface area contributed by atoms with Crippen molar-refractivity contribution in [1.82, 2.24) is 19.7 Å². The van der Waals surface area contributed by atoms with Crippen LogP contribution >= 0.6 is 0 Å². The number of fused-ring (bicyclic) bond motifs is 1. The Labute approximate surface area is 157 Å². The van der Waals surface area contributed by atoms with Crippen LogP contribution < -0.4 is 4.90 Å². The van der Waals surface area contributed by atoms with Crippen molar-refractivity contribution in [3.63, 3.8) is 0 Å². The molecule has 2 aromatic heterocycles. The molecule has 0 saturated carbocycles. The summed E-state index contributed by atoms with van der Waals surface area (Å²) in [5, 5.41) is 5.03. The fourth-order valence-electron chi connectivity index (χ4n) is 3.05. The van der Waals surface area contributed by atoms with Crippen LogP contribution in [0.15, 0.2) is 60.9 Å². The predicted molar refractivity (Wildman–Crippen MR) is 105 cm³/mol. The standard InChI is InChI=1S/C21H20FN5/c1-3-26(2)20-17-13-16(12-15-8-5-4-6-9-15)18(22)14-19(17)24-21(25-20)27-11-7-10-23-27/h4-11,13-14H,3,12H2,1-2H3. The van der Waals surface area contributed by atoms with Gasteiger partial charge in [0.2, 0.25) is 0 Å². The number of hydrogen-bond donors (Lipinski definition) is 0. The lowest BCUT2D eigenvalue weighted by atomic mass is 10.0. The molecule has 0 saturated heterocycles. The van der Waals surface area contributed by atoms with Crippen LogP contribution in [0.4, 0.5) is 10.2 Å². The van der Waals surface area contributed by atoms with Gasteiger partial charge in [-0.25, -0.2) is 14.1 Å². The SMILES string of the molecule is CCN(C)c1nc(-n2cccn2)nc2cc(F)c(Cc3ccccc3)cc12. The first-order valence-electron chi connectivity index (χ1n) is 8.91. The third kappa shape index (κ3) is 3.38. The van der Waals surface area contributed by atoms with Crippen molar-refractivity contribution in [3.05, 3.63) is 77.9 Å². The van der Waals surface area contributed by atoms with Gasteiger partial charge in [-0.1, -0.05) is 30.3 Å². The number of halogens is 1. The van der Waals surface area contributed by atoms with Gasteiger partial charge in [0.1, 0.15) is 11.6 Å². The second-order valence-corrected chi connectivity index (χ2v) is 6.44. The highest BCUT2D eigenvalue weighted by atomic mass is 19.1. The first-order valence-corrected chi connectivity index (χ1v) is 8.91. The Morgan fingerprint density at radius 2 is 1.89 bits per heavy atom. The van der Waals surface area contributed by atoms with Crippen LogP contribution in [0.1, 0.15) is 18.1 Å². The molecule has 0 radical (unpaired) electrons. The Hall–Kier alpha value is -3.28. The van der Waals surface area contributed by atoms with Crippen LogP contribution in [0.3, 0.4) is 0 Å². The number of benzene rings is 2. The molecule has 0 atom stereocenters. The van der Waals surface area contributed by atoms with Gasteiger partial charge in [0, 0.05) is 43.9 Å². The minimum Gasteiger partial charge on any atom is -0.359 e. The first kappa shape index (κ1) is 17.1. The monoisotopic (exact) mass is 361 g/mol. The molecule has 5 nitrogen and oxygen atoms in total. The lowest BCUT2D eigenvalue weighted by Crippen LogP contribution is -2.19. The lowest BCUT2D eigenvalue weighted by Gasteiger charge is -2.19. The molecule has 0 fully saturated rings. The summed E-state index contributed by atoms with van der Waals surface area (Å²) in [5.41, 5.74) is 2.27. The average Bonchev–Trinajstić information content (AvgIpc) is 3.23. The smallest absolute Gasteiger partial charge is 0.253 e. The van der Waals surface area contributed by atoms with Gasteiger partial charge < -0.3 is 4.90 Å². The highest BCUT2D eigenvalue weighted by molar-refractivity contribution is 5.90. The van der Waals surface area contributed by atoms with Crippen LogP contribution in [0.2, 0.25) is 0 Å². The van der Waals surface area contributed by atoms with Crippen LogP contribution in [-0.4, -0.2) is 33.3 Å². The van der Waals surface area contributed by atoms with Crippen molar-refractivity contribution in [2.24, 2.45) is 0 Å². The summed E-state index contributed by atoms with van der Waals surface area (Å²) in [6.07, 6.45) is 3.97. The maximum atomic E-state index is 14.8. The maximum absolute atomic E-state index is 14.8. The Balaban J connectivity index is 1.87. The van der Waals surface area contributed by atoms with Gasteiger partial charge in [-0.3, -0.25) is 0 Å². The molecule has 0 bridgehead atoms. The van der Waals surface area contributed by atoms with Crippen LogP contribution in [0.25, 0.3) is 16.9 Å². The van der Waals surface area contributed by atoms with Gasteiger partial charge in [0.05, 0.1) is 5.52 Å². The van der Waals surface area contributed by atoms with E-state index in [0.29, 0.717) is 23.4 Å². The molecule has 136 valence electrons. The second kappa shape index (κ2) is 7.15. The van der Waals surface area contributed by atoms with E-state index in [1.54, 1.807) is 23.1 Å². The minimum absolute atomic E-state index is 0.262. The summed E-state index contributed by atoms with van der Waals surface area (Å²) in [5.74, 6) is 0.932. The van der Waals surface area contributed by atoms with Crippen molar-refractivity contribution in [2.45, 2.75) is 13.3 Å². The molecule has 4 aromatic rings. The fraction of sp³-hybridized carbons (Fsp3) is 0.190. The van der Waals surface area contributed by atoms with E-state index in [9.17, 15) is 4.39 Å². The quantitative estimate of drug-likeness (QED) is 0.539. The highest BCUT2D eigenvalue weighted by Gasteiger charge is 2.15. The van der Waals surface area contributed by atoms with Crippen molar-refractivity contribution < 1.29 is 4.39 Å². The zero-order valence-electron chi connectivity index (χ0n) is 15.3. The highest BCUT2D eigenvalue weighted by Crippen LogP contribution is 2.28. The van der Waals surface area contributed by atoms with E-state index in [1.165, 1.54) is 6.07 Å². The largest absolute Gasteiger partial charge is 0.359 e. The Kier molecular flexibility index (Phi) is 4.54. The minimum atomic E-state index is -0.262. The molecular weight excluding hydrogens is 341 g/mol. The number of rotatable bonds is 5. The summed E-state index contributed by atoms with van der Waals surface area (Å²) in [6, 6.07) is 15.1. The zero-order chi connectivity index (χ0) is 18.8. The van der Waals surface area contributed by atoms with Crippen LogP contribution in [-0.2, 0) is 6.42 Å². The molecule has 0 amide bonds. The van der Waals surface area contributed by atoms with E-state index >= 15 is 0 Å². The molecular formula is C21H20FN5. The first-order chi connectivity index (χ1) is 13.2. The molecule has 0 aliphatic rings. The van der Waals surface area contributed by atoms with Gasteiger partial charge in [-0.05, 0) is 30.2 Å².